The zero-order valence-electron chi connectivity index (χ0n) is 15.7. The molecule has 0 N–H and O–H groups in total. The molecule has 1 fully saturated rings. The number of fused-ring (bicyclic) bond motifs is 2. The summed E-state index contributed by atoms with van der Waals surface area (Å²) in [5.74, 6) is 0.985. The van der Waals surface area contributed by atoms with E-state index >= 15 is 0 Å². The number of nitrogens with zero attached hydrogens (tertiary/aromatic N) is 2. The Morgan fingerprint density at radius 3 is 2.50 bits per heavy atom. The highest BCUT2D eigenvalue weighted by Crippen LogP contribution is 2.42. The van der Waals surface area contributed by atoms with Gasteiger partial charge in [-0.1, -0.05) is 11.6 Å². The number of pyridine rings is 1. The first-order chi connectivity index (χ1) is 12.6. The molecule has 0 spiro atoms. The zero-order valence-corrected chi connectivity index (χ0v) is 17.3. The molecule has 136 valence electrons. The Kier molecular flexibility index (Phi) is 4.89. The van der Waals surface area contributed by atoms with Crippen LogP contribution in [0.5, 0.6) is 5.75 Å². The molecule has 0 amide bonds. The molecular weight excluding hydrogens is 388 g/mol. The van der Waals surface area contributed by atoms with Gasteiger partial charge in [-0.25, -0.2) is 0 Å². The van der Waals surface area contributed by atoms with Crippen molar-refractivity contribution in [2.45, 2.75) is 32.6 Å². The van der Waals surface area contributed by atoms with Crippen molar-refractivity contribution < 1.29 is 4.74 Å². The van der Waals surface area contributed by atoms with E-state index in [0.717, 1.165) is 54.7 Å². The average molecular weight is 413 g/mol. The normalized spacial score (nSPS) is 17.5. The van der Waals surface area contributed by atoms with Gasteiger partial charge >= 0.3 is 0 Å². The van der Waals surface area contributed by atoms with Crippen LogP contribution in [-0.2, 0) is 12.8 Å². The molecule has 1 aromatic heterocycles. The van der Waals surface area contributed by atoms with Gasteiger partial charge in [0.2, 0.25) is 0 Å². The Bertz CT molecular complexity index is 878. The number of benzene rings is 1. The Morgan fingerprint density at radius 1 is 1.04 bits per heavy atom. The molecule has 26 heavy (non-hydrogen) atoms. The minimum Gasteiger partial charge on any atom is -0.496 e. The lowest BCUT2D eigenvalue weighted by Crippen LogP contribution is -2.27. The number of aryl methyl sites for hydroxylation is 3. The molecule has 4 rings (SSSR count). The van der Waals surface area contributed by atoms with Gasteiger partial charge in [0, 0.05) is 34.9 Å². The quantitative estimate of drug-likeness (QED) is 0.673. The highest BCUT2D eigenvalue weighted by Gasteiger charge is 2.27. The fraction of sp³-hybridized carbons (Fsp3) is 0.409. The number of methoxy groups -OCH3 is 1. The average Bonchev–Trinajstić information content (AvgIpc) is 2.78. The smallest absolute Gasteiger partial charge is 0.127 e. The number of rotatable bonds is 1. The number of likely N-dealkylation sites (tertiary alicyclic amines) is 1. The number of hydrogen-bond donors (Lipinski definition) is 0. The highest BCUT2D eigenvalue weighted by molar-refractivity contribution is 9.10. The molecule has 2 aliphatic rings. The molecule has 1 aliphatic carbocycles. The van der Waals surface area contributed by atoms with Crippen molar-refractivity contribution in [1.82, 2.24) is 9.88 Å². The number of piperidine rings is 1. The van der Waals surface area contributed by atoms with Gasteiger partial charge in [0.25, 0.3) is 0 Å². The van der Waals surface area contributed by atoms with Crippen molar-refractivity contribution in [3.8, 4) is 5.75 Å². The largest absolute Gasteiger partial charge is 0.496 e. The molecule has 0 atom stereocenters. The molecule has 0 unspecified atom stereocenters. The molecule has 1 aliphatic heterocycles. The van der Waals surface area contributed by atoms with Crippen LogP contribution in [0.1, 0.15) is 40.8 Å². The van der Waals surface area contributed by atoms with E-state index in [9.17, 15) is 0 Å². The van der Waals surface area contributed by atoms with E-state index in [1.165, 1.54) is 33.4 Å². The van der Waals surface area contributed by atoms with Gasteiger partial charge in [-0.2, -0.15) is 0 Å². The third kappa shape index (κ3) is 3.21. The topological polar surface area (TPSA) is 25.4 Å². The SMILES string of the molecule is COc1cc(C)cc2c1C(=C1CCN(C)CC1)c1ncc(Br)cc1CC2. The van der Waals surface area contributed by atoms with E-state index < -0.39 is 0 Å². The van der Waals surface area contributed by atoms with Crippen LogP contribution in [0.25, 0.3) is 5.57 Å². The lowest BCUT2D eigenvalue weighted by molar-refractivity contribution is 0.313. The lowest BCUT2D eigenvalue weighted by Gasteiger charge is -2.27. The zero-order chi connectivity index (χ0) is 18.3. The van der Waals surface area contributed by atoms with E-state index in [2.05, 4.69) is 53.0 Å². The van der Waals surface area contributed by atoms with Crippen LogP contribution in [0.4, 0.5) is 0 Å². The maximum absolute atomic E-state index is 5.85. The summed E-state index contributed by atoms with van der Waals surface area (Å²) in [5.41, 5.74) is 9.23. The van der Waals surface area contributed by atoms with Crippen LogP contribution in [0.15, 0.2) is 34.4 Å². The fourth-order valence-electron chi connectivity index (χ4n) is 4.24. The molecular formula is C22H25BrN2O. The van der Waals surface area contributed by atoms with Crippen LogP contribution in [0.3, 0.4) is 0 Å². The Balaban J connectivity index is 2.00. The van der Waals surface area contributed by atoms with E-state index in [-0.39, 0.29) is 0 Å². The van der Waals surface area contributed by atoms with Crippen LogP contribution in [0, 0.1) is 6.92 Å². The monoisotopic (exact) mass is 412 g/mol. The van der Waals surface area contributed by atoms with Gasteiger partial charge in [0.15, 0.2) is 0 Å². The predicted octanol–water partition coefficient (Wildman–Crippen LogP) is 4.79. The summed E-state index contributed by atoms with van der Waals surface area (Å²) < 4.78 is 6.90. The van der Waals surface area contributed by atoms with Crippen LogP contribution < -0.4 is 4.74 Å². The first kappa shape index (κ1) is 17.7. The van der Waals surface area contributed by atoms with Gasteiger partial charge in [-0.05, 0) is 84.4 Å². The van der Waals surface area contributed by atoms with Gasteiger partial charge < -0.3 is 9.64 Å². The van der Waals surface area contributed by atoms with Gasteiger partial charge in [-0.15, -0.1) is 0 Å². The van der Waals surface area contributed by atoms with Crippen molar-refractivity contribution in [1.29, 1.82) is 0 Å². The first-order valence-electron chi connectivity index (χ1n) is 9.30. The maximum atomic E-state index is 5.85. The molecule has 0 bridgehead atoms. The molecule has 1 aromatic carbocycles. The summed E-state index contributed by atoms with van der Waals surface area (Å²) in [4.78, 5) is 7.28. The Morgan fingerprint density at radius 2 is 1.77 bits per heavy atom. The van der Waals surface area contributed by atoms with Crippen LogP contribution in [-0.4, -0.2) is 37.1 Å². The highest BCUT2D eigenvalue weighted by atomic mass is 79.9. The van der Waals surface area contributed by atoms with E-state index in [0.29, 0.717) is 0 Å². The number of aromatic nitrogens is 1. The summed E-state index contributed by atoms with van der Waals surface area (Å²) in [6.45, 7) is 4.36. The molecule has 4 heteroatoms. The standard InChI is InChI=1S/C22H25BrN2O/c1-14-10-16-4-5-17-12-18(23)13-24-22(17)21(20(16)19(11-14)26-3)15-6-8-25(2)9-7-15/h10-13H,4-9H2,1-3H3. The van der Waals surface area contributed by atoms with Gasteiger partial charge in [-0.3, -0.25) is 4.98 Å². The molecule has 0 radical (unpaired) electrons. The Hall–Kier alpha value is -1.65. The van der Waals surface area contributed by atoms with E-state index in [1.54, 1.807) is 7.11 Å². The van der Waals surface area contributed by atoms with Crippen molar-refractivity contribution in [3.63, 3.8) is 0 Å². The van der Waals surface area contributed by atoms with Crippen LogP contribution in [0.2, 0.25) is 0 Å². The summed E-state index contributed by atoms with van der Waals surface area (Å²) in [6, 6.07) is 6.73. The first-order valence-corrected chi connectivity index (χ1v) is 10.1. The minimum absolute atomic E-state index is 0.985. The van der Waals surface area contributed by atoms with Gasteiger partial charge in [0.1, 0.15) is 5.75 Å². The molecule has 3 nitrogen and oxygen atoms in total. The molecule has 1 saturated heterocycles. The number of ether oxygens (including phenoxy) is 1. The van der Waals surface area contributed by atoms with E-state index in [4.69, 9.17) is 9.72 Å². The second-order valence-corrected chi connectivity index (χ2v) is 8.36. The van der Waals surface area contributed by atoms with Gasteiger partial charge in [0.05, 0.1) is 12.8 Å². The summed E-state index contributed by atoms with van der Waals surface area (Å²) in [5, 5.41) is 0. The lowest BCUT2D eigenvalue weighted by atomic mass is 9.87. The molecule has 2 heterocycles. The predicted molar refractivity (Wildman–Crippen MR) is 110 cm³/mol. The van der Waals surface area contributed by atoms with Crippen molar-refractivity contribution in [3.05, 3.63) is 62.4 Å². The summed E-state index contributed by atoms with van der Waals surface area (Å²) in [6.07, 6.45) is 6.16. The van der Waals surface area contributed by atoms with Crippen molar-refractivity contribution in [2.24, 2.45) is 0 Å². The maximum Gasteiger partial charge on any atom is 0.127 e. The second-order valence-electron chi connectivity index (χ2n) is 7.44. The second kappa shape index (κ2) is 7.16. The number of halogens is 1. The van der Waals surface area contributed by atoms with Crippen LogP contribution >= 0.6 is 15.9 Å². The van der Waals surface area contributed by atoms with Crippen molar-refractivity contribution in [2.75, 3.05) is 27.2 Å². The molecule has 2 aromatic rings. The van der Waals surface area contributed by atoms with Crippen molar-refractivity contribution >= 4 is 21.5 Å². The third-order valence-corrected chi connectivity index (χ3v) is 6.01. The minimum atomic E-state index is 0.985. The number of hydrogen-bond acceptors (Lipinski definition) is 3. The molecule has 0 saturated carbocycles. The third-order valence-electron chi connectivity index (χ3n) is 5.58. The summed E-state index contributed by atoms with van der Waals surface area (Å²) >= 11 is 3.60. The summed E-state index contributed by atoms with van der Waals surface area (Å²) in [7, 11) is 3.99. The van der Waals surface area contributed by atoms with E-state index in [1.807, 2.05) is 6.20 Å². The fourth-order valence-corrected chi connectivity index (χ4v) is 4.61. The Labute approximate surface area is 164 Å².